The van der Waals surface area contributed by atoms with Crippen LogP contribution in [0.1, 0.15) is 6.92 Å². The van der Waals surface area contributed by atoms with E-state index in [2.05, 4.69) is 10.6 Å². The molecule has 2 rings (SSSR count). The number of ether oxygens (including phenoxy) is 2. The van der Waals surface area contributed by atoms with Gasteiger partial charge in [-0.3, -0.25) is 4.79 Å². The van der Waals surface area contributed by atoms with Crippen molar-refractivity contribution in [1.82, 2.24) is 5.32 Å². The number of carbonyl (C=O) groups is 1. The number of amides is 1. The van der Waals surface area contributed by atoms with Crippen LogP contribution in [0.15, 0.2) is 18.2 Å². The Morgan fingerprint density at radius 3 is 2.81 bits per heavy atom. The first-order valence-electron chi connectivity index (χ1n) is 7.09. The topological polar surface area (TPSA) is 79.8 Å². The summed E-state index contributed by atoms with van der Waals surface area (Å²) in [7, 11) is 1.55. The van der Waals surface area contributed by atoms with E-state index >= 15 is 0 Å². The highest BCUT2D eigenvalue weighted by molar-refractivity contribution is 5.93. The van der Waals surface area contributed by atoms with Crippen LogP contribution in [0.2, 0.25) is 0 Å². The van der Waals surface area contributed by atoms with Crippen molar-refractivity contribution in [1.29, 1.82) is 0 Å². The Morgan fingerprint density at radius 1 is 1.48 bits per heavy atom. The van der Waals surface area contributed by atoms with Crippen molar-refractivity contribution in [2.45, 2.75) is 6.92 Å². The van der Waals surface area contributed by atoms with E-state index < -0.39 is 0 Å². The van der Waals surface area contributed by atoms with Crippen molar-refractivity contribution in [2.24, 2.45) is 11.8 Å². The number of hydrogen-bond acceptors (Lipinski definition) is 5. The third-order valence-corrected chi connectivity index (χ3v) is 3.71. The van der Waals surface area contributed by atoms with Crippen LogP contribution >= 0.6 is 0 Å². The van der Waals surface area contributed by atoms with Gasteiger partial charge in [-0.1, -0.05) is 6.92 Å². The van der Waals surface area contributed by atoms with Crippen LogP contribution in [0.5, 0.6) is 11.5 Å². The van der Waals surface area contributed by atoms with Crippen LogP contribution in [-0.4, -0.2) is 44.4 Å². The molecule has 1 aliphatic rings. The number of nitrogens with one attached hydrogen (secondary N) is 2. The Kier molecular flexibility index (Phi) is 5.41. The fourth-order valence-corrected chi connectivity index (χ4v) is 2.16. The summed E-state index contributed by atoms with van der Waals surface area (Å²) in [4.78, 5) is 12.2. The minimum Gasteiger partial charge on any atom is -0.493 e. The van der Waals surface area contributed by atoms with Gasteiger partial charge in [0.1, 0.15) is 6.61 Å². The van der Waals surface area contributed by atoms with Gasteiger partial charge in [-0.05, 0) is 31.1 Å². The first kappa shape index (κ1) is 15.6. The molecule has 116 valence electrons. The maximum Gasteiger partial charge on any atom is 0.227 e. The molecule has 0 spiro atoms. The molecular formula is C15H22N2O4. The molecule has 6 nitrogen and oxygen atoms in total. The van der Waals surface area contributed by atoms with E-state index in [1.807, 2.05) is 6.92 Å². The summed E-state index contributed by atoms with van der Waals surface area (Å²) in [6, 6.07) is 5.21. The minimum atomic E-state index is -0.0779. The molecular weight excluding hydrogens is 272 g/mol. The zero-order valence-corrected chi connectivity index (χ0v) is 12.4. The van der Waals surface area contributed by atoms with Crippen LogP contribution in [0.4, 0.5) is 5.69 Å². The average Bonchev–Trinajstić information content (AvgIpc) is 2.43. The molecule has 1 aromatic rings. The number of benzene rings is 1. The van der Waals surface area contributed by atoms with Gasteiger partial charge in [0.05, 0.1) is 13.7 Å². The van der Waals surface area contributed by atoms with Crippen LogP contribution < -0.4 is 20.1 Å². The second-order valence-electron chi connectivity index (χ2n) is 5.13. The number of methoxy groups -OCH3 is 1. The minimum absolute atomic E-state index is 0.000208. The van der Waals surface area contributed by atoms with E-state index in [0.29, 0.717) is 23.1 Å². The molecule has 1 fully saturated rings. The molecule has 1 aliphatic heterocycles. The van der Waals surface area contributed by atoms with Crippen molar-refractivity contribution in [3.8, 4) is 11.5 Å². The highest BCUT2D eigenvalue weighted by Gasteiger charge is 2.28. The fraction of sp³-hybridized carbons (Fsp3) is 0.533. The Hall–Kier alpha value is -1.79. The van der Waals surface area contributed by atoms with Gasteiger partial charge in [0.2, 0.25) is 5.91 Å². The Balaban J connectivity index is 2.03. The first-order valence-corrected chi connectivity index (χ1v) is 7.09. The van der Waals surface area contributed by atoms with Crippen LogP contribution in [0.3, 0.4) is 0 Å². The summed E-state index contributed by atoms with van der Waals surface area (Å²) in [6.07, 6.45) is 0. The van der Waals surface area contributed by atoms with E-state index in [4.69, 9.17) is 14.6 Å². The molecule has 3 N–H and O–H groups in total. The van der Waals surface area contributed by atoms with Crippen LogP contribution in [0, 0.1) is 11.8 Å². The molecule has 6 heteroatoms. The third-order valence-electron chi connectivity index (χ3n) is 3.71. The molecule has 1 amide bonds. The average molecular weight is 294 g/mol. The highest BCUT2D eigenvalue weighted by Crippen LogP contribution is 2.30. The van der Waals surface area contributed by atoms with Gasteiger partial charge in [0, 0.05) is 17.7 Å². The summed E-state index contributed by atoms with van der Waals surface area (Å²) < 4.78 is 10.6. The fourth-order valence-electron chi connectivity index (χ4n) is 2.16. The van der Waals surface area contributed by atoms with Crippen molar-refractivity contribution in [3.63, 3.8) is 0 Å². The number of aliphatic hydroxyl groups is 1. The van der Waals surface area contributed by atoms with Gasteiger partial charge in [-0.2, -0.15) is 0 Å². The summed E-state index contributed by atoms with van der Waals surface area (Å²) in [5, 5.41) is 14.9. The Bertz CT molecular complexity index is 489. The number of hydrogen-bond donors (Lipinski definition) is 3. The van der Waals surface area contributed by atoms with Gasteiger partial charge in [0.25, 0.3) is 0 Å². The predicted octanol–water partition coefficient (Wildman–Crippen LogP) is 0.860. The summed E-state index contributed by atoms with van der Waals surface area (Å²) in [6.45, 7) is 3.82. The molecule has 1 atom stereocenters. The number of rotatable bonds is 7. The van der Waals surface area contributed by atoms with Crippen molar-refractivity contribution in [3.05, 3.63) is 18.2 Å². The highest BCUT2D eigenvalue weighted by atomic mass is 16.5. The molecule has 0 saturated carbocycles. The van der Waals surface area contributed by atoms with Crippen molar-refractivity contribution < 1.29 is 19.4 Å². The second kappa shape index (κ2) is 7.28. The van der Waals surface area contributed by atoms with E-state index in [1.165, 1.54) is 0 Å². The zero-order valence-electron chi connectivity index (χ0n) is 12.4. The van der Waals surface area contributed by atoms with E-state index in [9.17, 15) is 4.79 Å². The maximum absolute atomic E-state index is 12.2. The van der Waals surface area contributed by atoms with Crippen LogP contribution in [0.25, 0.3) is 0 Å². The number of anilines is 1. The molecule has 1 aromatic carbocycles. The number of aliphatic hydroxyl groups excluding tert-OH is 1. The molecule has 0 aromatic heterocycles. The van der Waals surface area contributed by atoms with Gasteiger partial charge >= 0.3 is 0 Å². The lowest BCUT2D eigenvalue weighted by Crippen LogP contribution is -2.48. The lowest BCUT2D eigenvalue weighted by molar-refractivity contribution is -0.121. The molecule has 21 heavy (non-hydrogen) atoms. The lowest BCUT2D eigenvalue weighted by atomic mass is 9.88. The Labute approximate surface area is 124 Å². The van der Waals surface area contributed by atoms with Gasteiger partial charge < -0.3 is 25.2 Å². The third kappa shape index (κ3) is 3.86. The van der Waals surface area contributed by atoms with Crippen LogP contribution in [-0.2, 0) is 4.79 Å². The maximum atomic E-state index is 12.2. The summed E-state index contributed by atoms with van der Waals surface area (Å²) in [5.74, 6) is 1.43. The second-order valence-corrected chi connectivity index (χ2v) is 5.13. The lowest BCUT2D eigenvalue weighted by Gasteiger charge is -2.31. The molecule has 0 radical (unpaired) electrons. The smallest absolute Gasteiger partial charge is 0.227 e. The molecule has 1 unspecified atom stereocenters. The largest absolute Gasteiger partial charge is 0.493 e. The standard InChI is InChI=1S/C15H22N2O4/c1-10(11-8-16-9-11)15(19)17-12-3-4-13(20-2)14(7-12)21-6-5-18/h3-4,7,10-11,16,18H,5-6,8-9H2,1-2H3,(H,17,19). The first-order chi connectivity index (χ1) is 10.2. The monoisotopic (exact) mass is 294 g/mol. The van der Waals surface area contributed by atoms with Gasteiger partial charge in [0.15, 0.2) is 11.5 Å². The molecule has 1 saturated heterocycles. The van der Waals surface area contributed by atoms with Gasteiger partial charge in [-0.25, -0.2) is 0 Å². The molecule has 0 bridgehead atoms. The quantitative estimate of drug-likeness (QED) is 0.695. The van der Waals surface area contributed by atoms with E-state index in [0.717, 1.165) is 13.1 Å². The molecule has 0 aliphatic carbocycles. The van der Waals surface area contributed by atoms with E-state index in [1.54, 1.807) is 25.3 Å². The summed E-state index contributed by atoms with van der Waals surface area (Å²) >= 11 is 0. The SMILES string of the molecule is COc1ccc(NC(=O)C(C)C2CNC2)cc1OCCO. The molecule has 1 heterocycles. The predicted molar refractivity (Wildman–Crippen MR) is 79.7 cm³/mol. The van der Waals surface area contributed by atoms with Crippen molar-refractivity contribution >= 4 is 11.6 Å². The zero-order chi connectivity index (χ0) is 15.2. The van der Waals surface area contributed by atoms with Crippen molar-refractivity contribution in [2.75, 3.05) is 38.7 Å². The van der Waals surface area contributed by atoms with Gasteiger partial charge in [-0.15, -0.1) is 0 Å². The summed E-state index contributed by atoms with van der Waals surface area (Å²) in [5.41, 5.74) is 0.660. The van der Waals surface area contributed by atoms with E-state index in [-0.39, 0.29) is 25.0 Å². The number of carbonyl (C=O) groups excluding carboxylic acids is 1. The normalized spacial score (nSPS) is 16.0. The Morgan fingerprint density at radius 2 is 2.24 bits per heavy atom.